The molecule has 0 bridgehead atoms. The first-order chi connectivity index (χ1) is 8.67. The number of amides is 1. The van der Waals surface area contributed by atoms with E-state index < -0.39 is 0 Å². The molecule has 0 fully saturated rings. The highest BCUT2D eigenvalue weighted by molar-refractivity contribution is 6.07. The highest BCUT2D eigenvalue weighted by atomic mass is 16.1. The molecule has 2 rings (SSSR count). The fourth-order valence-electron chi connectivity index (χ4n) is 2.02. The van der Waals surface area contributed by atoms with E-state index in [1.54, 1.807) is 19.2 Å². The van der Waals surface area contributed by atoms with Crippen molar-refractivity contribution in [3.8, 4) is 0 Å². The van der Waals surface area contributed by atoms with Crippen LogP contribution in [0.15, 0.2) is 18.2 Å². The van der Waals surface area contributed by atoms with Crippen LogP contribution in [0.1, 0.15) is 29.4 Å². The van der Waals surface area contributed by atoms with Crippen molar-refractivity contribution in [3.63, 3.8) is 0 Å². The van der Waals surface area contributed by atoms with Gasteiger partial charge in [0.2, 0.25) is 5.95 Å². The number of rotatable bonds is 3. The second-order valence-corrected chi connectivity index (χ2v) is 4.06. The summed E-state index contributed by atoms with van der Waals surface area (Å²) in [7, 11) is 1.61. The van der Waals surface area contributed by atoms with Crippen LogP contribution in [0, 0.1) is 0 Å². The fourth-order valence-corrected chi connectivity index (χ4v) is 2.02. The number of hydrogen-bond acceptors (Lipinski definition) is 4. The lowest BCUT2D eigenvalue weighted by Crippen LogP contribution is -2.19. The first-order valence-electron chi connectivity index (χ1n) is 5.94. The third-order valence-electron chi connectivity index (χ3n) is 2.77. The molecule has 0 spiro atoms. The van der Waals surface area contributed by atoms with E-state index >= 15 is 0 Å². The van der Waals surface area contributed by atoms with E-state index in [0.29, 0.717) is 11.1 Å². The number of carbonyl (C=O) groups excluding carboxylic acids is 1. The Morgan fingerprint density at radius 3 is 2.83 bits per heavy atom. The van der Waals surface area contributed by atoms with Crippen LogP contribution in [-0.2, 0) is 6.42 Å². The van der Waals surface area contributed by atoms with Gasteiger partial charge in [0.05, 0.1) is 16.8 Å². The predicted octanol–water partition coefficient (Wildman–Crippen LogP) is 1.52. The first kappa shape index (κ1) is 12.3. The van der Waals surface area contributed by atoms with Gasteiger partial charge in [-0.3, -0.25) is 4.79 Å². The lowest BCUT2D eigenvalue weighted by molar-refractivity contribution is 0.0964. The molecule has 0 saturated carbocycles. The molecular formula is C13H16N4O. The normalized spacial score (nSPS) is 10.6. The molecule has 1 aromatic carbocycles. The summed E-state index contributed by atoms with van der Waals surface area (Å²) in [6, 6.07) is 5.42. The standard InChI is InChI=1S/C13H16N4O/c1-3-5-9-11-8(12(18)15-2)6-4-7-10(11)17-13(14)16-9/h4,6-7H,3,5H2,1-2H3,(H,15,18)(H2,14,16,17). The van der Waals surface area contributed by atoms with Crippen molar-refractivity contribution in [2.75, 3.05) is 12.8 Å². The average Bonchev–Trinajstić information content (AvgIpc) is 2.37. The van der Waals surface area contributed by atoms with Crippen LogP contribution in [0.4, 0.5) is 5.95 Å². The molecule has 0 radical (unpaired) electrons. The van der Waals surface area contributed by atoms with Gasteiger partial charge in [-0.25, -0.2) is 9.97 Å². The van der Waals surface area contributed by atoms with Gasteiger partial charge in [0.25, 0.3) is 5.91 Å². The van der Waals surface area contributed by atoms with Crippen molar-refractivity contribution < 1.29 is 4.79 Å². The van der Waals surface area contributed by atoms with Gasteiger partial charge in [-0.2, -0.15) is 0 Å². The summed E-state index contributed by atoms with van der Waals surface area (Å²) < 4.78 is 0. The largest absolute Gasteiger partial charge is 0.368 e. The van der Waals surface area contributed by atoms with Crippen molar-refractivity contribution in [1.82, 2.24) is 15.3 Å². The van der Waals surface area contributed by atoms with E-state index in [-0.39, 0.29) is 11.9 Å². The number of nitrogens with two attached hydrogens (primary N) is 1. The van der Waals surface area contributed by atoms with E-state index in [1.807, 2.05) is 6.07 Å². The number of fused-ring (bicyclic) bond motifs is 1. The zero-order chi connectivity index (χ0) is 13.1. The van der Waals surface area contributed by atoms with Gasteiger partial charge in [-0.15, -0.1) is 0 Å². The van der Waals surface area contributed by atoms with Crippen LogP contribution in [0.5, 0.6) is 0 Å². The lowest BCUT2D eigenvalue weighted by Gasteiger charge is -2.09. The maximum absolute atomic E-state index is 11.9. The van der Waals surface area contributed by atoms with Crippen LogP contribution in [0.2, 0.25) is 0 Å². The van der Waals surface area contributed by atoms with Gasteiger partial charge >= 0.3 is 0 Å². The summed E-state index contributed by atoms with van der Waals surface area (Å²) in [4.78, 5) is 20.3. The molecule has 1 amide bonds. The molecule has 3 N–H and O–H groups in total. The second-order valence-electron chi connectivity index (χ2n) is 4.06. The fraction of sp³-hybridized carbons (Fsp3) is 0.308. The summed E-state index contributed by atoms with van der Waals surface area (Å²) in [5.74, 6) is 0.117. The highest BCUT2D eigenvalue weighted by Gasteiger charge is 2.14. The smallest absolute Gasteiger partial charge is 0.251 e. The predicted molar refractivity (Wildman–Crippen MR) is 71.3 cm³/mol. The molecule has 0 aliphatic heterocycles. The number of nitrogens with zero attached hydrogens (tertiary/aromatic N) is 2. The number of carbonyl (C=O) groups is 1. The molecule has 0 aliphatic carbocycles. The summed E-state index contributed by atoms with van der Waals surface area (Å²) in [6.07, 6.45) is 1.71. The third kappa shape index (κ3) is 2.11. The summed E-state index contributed by atoms with van der Waals surface area (Å²) in [5, 5.41) is 3.43. The topological polar surface area (TPSA) is 80.9 Å². The number of benzene rings is 1. The van der Waals surface area contributed by atoms with Gasteiger partial charge < -0.3 is 11.1 Å². The monoisotopic (exact) mass is 244 g/mol. The Kier molecular flexibility index (Phi) is 3.41. The van der Waals surface area contributed by atoms with Crippen LogP contribution in [-0.4, -0.2) is 22.9 Å². The highest BCUT2D eigenvalue weighted by Crippen LogP contribution is 2.22. The number of nitrogen functional groups attached to an aromatic ring is 1. The van der Waals surface area contributed by atoms with Gasteiger partial charge in [-0.1, -0.05) is 19.4 Å². The Labute approximate surface area is 105 Å². The third-order valence-corrected chi connectivity index (χ3v) is 2.77. The molecule has 94 valence electrons. The van der Waals surface area contributed by atoms with Crippen molar-refractivity contribution in [2.24, 2.45) is 0 Å². The van der Waals surface area contributed by atoms with Gasteiger partial charge in [-0.05, 0) is 18.6 Å². The SMILES string of the molecule is CCCc1nc(N)nc2cccc(C(=O)NC)c12. The molecule has 0 atom stereocenters. The van der Waals surface area contributed by atoms with Crippen molar-refractivity contribution in [1.29, 1.82) is 0 Å². The Morgan fingerprint density at radius 2 is 2.17 bits per heavy atom. The zero-order valence-electron chi connectivity index (χ0n) is 10.5. The zero-order valence-corrected chi connectivity index (χ0v) is 10.5. The molecule has 1 aromatic heterocycles. The van der Waals surface area contributed by atoms with E-state index in [2.05, 4.69) is 22.2 Å². The average molecular weight is 244 g/mol. The van der Waals surface area contributed by atoms with Crippen molar-refractivity contribution in [3.05, 3.63) is 29.5 Å². The minimum Gasteiger partial charge on any atom is -0.368 e. The molecule has 0 aliphatic rings. The summed E-state index contributed by atoms with van der Waals surface area (Å²) in [6.45, 7) is 2.06. The van der Waals surface area contributed by atoms with Crippen molar-refractivity contribution >= 4 is 22.8 Å². The molecule has 5 heteroatoms. The molecule has 1 heterocycles. The van der Waals surface area contributed by atoms with Gasteiger partial charge in [0.1, 0.15) is 0 Å². The maximum Gasteiger partial charge on any atom is 0.251 e. The second kappa shape index (κ2) is 5.00. The molecule has 5 nitrogen and oxygen atoms in total. The molecule has 18 heavy (non-hydrogen) atoms. The van der Waals surface area contributed by atoms with Crippen LogP contribution in [0.25, 0.3) is 10.9 Å². The van der Waals surface area contributed by atoms with Crippen LogP contribution >= 0.6 is 0 Å². The lowest BCUT2D eigenvalue weighted by atomic mass is 10.0. The number of nitrogens with one attached hydrogen (secondary N) is 1. The number of anilines is 1. The number of aryl methyl sites for hydroxylation is 1. The van der Waals surface area contributed by atoms with E-state index in [4.69, 9.17) is 5.73 Å². The quantitative estimate of drug-likeness (QED) is 0.857. The van der Waals surface area contributed by atoms with E-state index in [0.717, 1.165) is 23.9 Å². The summed E-state index contributed by atoms with van der Waals surface area (Å²) >= 11 is 0. The van der Waals surface area contributed by atoms with Gasteiger partial charge in [0.15, 0.2) is 0 Å². The Hall–Kier alpha value is -2.17. The maximum atomic E-state index is 11.9. The molecular weight excluding hydrogens is 228 g/mol. The van der Waals surface area contributed by atoms with Crippen molar-refractivity contribution in [2.45, 2.75) is 19.8 Å². The number of hydrogen-bond donors (Lipinski definition) is 2. The molecule has 0 saturated heterocycles. The Morgan fingerprint density at radius 1 is 1.39 bits per heavy atom. The molecule has 0 unspecified atom stereocenters. The van der Waals surface area contributed by atoms with Crippen LogP contribution < -0.4 is 11.1 Å². The minimum atomic E-state index is -0.133. The summed E-state index contributed by atoms with van der Waals surface area (Å²) in [5.41, 5.74) is 7.83. The van der Waals surface area contributed by atoms with Gasteiger partial charge in [0, 0.05) is 12.4 Å². The van der Waals surface area contributed by atoms with E-state index in [9.17, 15) is 4.79 Å². The number of aromatic nitrogens is 2. The van der Waals surface area contributed by atoms with Crippen LogP contribution in [0.3, 0.4) is 0 Å². The first-order valence-corrected chi connectivity index (χ1v) is 5.94. The Bertz CT molecular complexity index is 595. The molecule has 2 aromatic rings. The van der Waals surface area contributed by atoms with E-state index in [1.165, 1.54) is 0 Å². The Balaban J connectivity index is 2.76. The minimum absolute atomic E-state index is 0.133.